The Balaban J connectivity index is 0.00000242. The summed E-state index contributed by atoms with van der Waals surface area (Å²) in [6.07, 6.45) is 1.59. The fourth-order valence-corrected chi connectivity index (χ4v) is 2.15. The van der Waals surface area contributed by atoms with Gasteiger partial charge < -0.3 is 20.3 Å². The van der Waals surface area contributed by atoms with Crippen LogP contribution in [0.25, 0.3) is 0 Å². The van der Waals surface area contributed by atoms with Gasteiger partial charge in [-0.15, -0.1) is 24.8 Å². The van der Waals surface area contributed by atoms with E-state index >= 15 is 0 Å². The van der Waals surface area contributed by atoms with Crippen LogP contribution in [0.2, 0.25) is 0 Å². The van der Waals surface area contributed by atoms with Crippen LogP contribution in [0.3, 0.4) is 0 Å². The Bertz CT molecular complexity index is 512. The summed E-state index contributed by atoms with van der Waals surface area (Å²) < 4.78 is 6.07. The van der Waals surface area contributed by atoms with Crippen LogP contribution in [0.4, 0.5) is 5.82 Å². The van der Waals surface area contributed by atoms with Crippen molar-refractivity contribution >= 4 is 58.4 Å². The Morgan fingerprint density at radius 1 is 1.48 bits per heavy atom. The van der Waals surface area contributed by atoms with Crippen molar-refractivity contribution in [3.05, 3.63) is 22.8 Å². The molecule has 23 heavy (non-hydrogen) atoms. The van der Waals surface area contributed by atoms with Crippen molar-refractivity contribution in [2.45, 2.75) is 6.04 Å². The van der Waals surface area contributed by atoms with Crippen LogP contribution in [0, 0.1) is 0 Å². The summed E-state index contributed by atoms with van der Waals surface area (Å²) in [7, 11) is 1.59. The molecule has 0 aliphatic carbocycles. The molecule has 1 saturated heterocycles. The zero-order valence-corrected chi connectivity index (χ0v) is 15.7. The summed E-state index contributed by atoms with van der Waals surface area (Å²) >= 11 is 3.27. The molecule has 1 atom stereocenters. The van der Waals surface area contributed by atoms with Crippen LogP contribution in [0.5, 0.6) is 0 Å². The molecule has 2 heterocycles. The molecule has 1 aliphatic rings. The lowest BCUT2D eigenvalue weighted by Gasteiger charge is -2.27. The number of morpholine rings is 1. The minimum absolute atomic E-state index is 0. The fraction of sp³-hybridized carbons (Fsp3) is 0.462. The summed E-state index contributed by atoms with van der Waals surface area (Å²) in [5.41, 5.74) is 0. The van der Waals surface area contributed by atoms with Gasteiger partial charge in [-0.2, -0.15) is 0 Å². The maximum absolute atomic E-state index is 12.1. The number of nitrogens with zero attached hydrogens (tertiary/aromatic N) is 2. The van der Waals surface area contributed by atoms with Gasteiger partial charge in [-0.3, -0.25) is 9.59 Å². The van der Waals surface area contributed by atoms with Crippen molar-refractivity contribution in [2.24, 2.45) is 0 Å². The lowest BCUT2D eigenvalue weighted by Crippen LogP contribution is -2.52. The SMILES string of the molecule is CN(CC(=O)Nc1ccc(Br)cn1)C(=O)C1COCCN1.Cl.Cl. The zero-order valence-electron chi connectivity index (χ0n) is 12.5. The van der Waals surface area contributed by atoms with Crippen molar-refractivity contribution in [1.29, 1.82) is 0 Å². The molecule has 2 rings (SSSR count). The normalized spacial score (nSPS) is 16.5. The number of pyridine rings is 1. The second-order valence-electron chi connectivity index (χ2n) is 4.69. The molecule has 1 unspecified atom stereocenters. The Morgan fingerprint density at radius 3 is 2.78 bits per heavy atom. The molecule has 1 fully saturated rings. The van der Waals surface area contributed by atoms with E-state index in [9.17, 15) is 9.59 Å². The van der Waals surface area contributed by atoms with Crippen LogP contribution in [0.15, 0.2) is 22.8 Å². The first kappa shape index (κ1) is 22.1. The molecular formula is C13H19BrCl2N4O3. The summed E-state index contributed by atoms with van der Waals surface area (Å²) in [5.74, 6) is -0.00538. The molecule has 0 aromatic carbocycles. The highest BCUT2D eigenvalue weighted by molar-refractivity contribution is 9.10. The molecular weight excluding hydrogens is 411 g/mol. The van der Waals surface area contributed by atoms with E-state index in [0.29, 0.717) is 25.6 Å². The maximum Gasteiger partial charge on any atom is 0.245 e. The van der Waals surface area contributed by atoms with E-state index in [1.165, 1.54) is 4.90 Å². The predicted octanol–water partition coefficient (Wildman–Crippen LogP) is 1.07. The first-order valence-electron chi connectivity index (χ1n) is 6.54. The molecule has 7 nitrogen and oxygen atoms in total. The Morgan fingerprint density at radius 2 is 2.22 bits per heavy atom. The molecule has 0 bridgehead atoms. The first-order chi connectivity index (χ1) is 10.1. The predicted molar refractivity (Wildman–Crippen MR) is 95.3 cm³/mol. The minimum Gasteiger partial charge on any atom is -0.378 e. The largest absolute Gasteiger partial charge is 0.378 e. The molecule has 1 aromatic heterocycles. The zero-order chi connectivity index (χ0) is 15.2. The van der Waals surface area contributed by atoms with Gasteiger partial charge in [0.15, 0.2) is 0 Å². The number of carbonyl (C=O) groups excluding carboxylic acids is 2. The van der Waals surface area contributed by atoms with Crippen molar-refractivity contribution in [1.82, 2.24) is 15.2 Å². The van der Waals surface area contributed by atoms with Crippen molar-refractivity contribution in [2.75, 3.05) is 38.7 Å². The number of hydrogen-bond acceptors (Lipinski definition) is 5. The van der Waals surface area contributed by atoms with Gasteiger partial charge in [-0.1, -0.05) is 0 Å². The highest BCUT2D eigenvalue weighted by Crippen LogP contribution is 2.10. The molecule has 2 N–H and O–H groups in total. The number of hydrogen-bond donors (Lipinski definition) is 2. The van der Waals surface area contributed by atoms with E-state index < -0.39 is 0 Å². The summed E-state index contributed by atoms with van der Waals surface area (Å²) in [6.45, 7) is 1.54. The number of rotatable bonds is 4. The van der Waals surface area contributed by atoms with Gasteiger partial charge in [0.1, 0.15) is 11.9 Å². The first-order valence-corrected chi connectivity index (χ1v) is 7.33. The molecule has 10 heteroatoms. The van der Waals surface area contributed by atoms with Gasteiger partial charge in [0.25, 0.3) is 0 Å². The van der Waals surface area contributed by atoms with Crippen LogP contribution in [-0.2, 0) is 14.3 Å². The highest BCUT2D eigenvalue weighted by atomic mass is 79.9. The van der Waals surface area contributed by atoms with Gasteiger partial charge in [0.2, 0.25) is 11.8 Å². The number of amides is 2. The number of ether oxygens (including phenoxy) is 1. The molecule has 0 saturated carbocycles. The van der Waals surface area contributed by atoms with Gasteiger partial charge in [0.05, 0.1) is 19.8 Å². The van der Waals surface area contributed by atoms with Crippen molar-refractivity contribution in [3.8, 4) is 0 Å². The summed E-state index contributed by atoms with van der Waals surface area (Å²) in [4.78, 5) is 29.4. The van der Waals surface area contributed by atoms with Crippen LogP contribution < -0.4 is 10.6 Å². The van der Waals surface area contributed by atoms with E-state index in [0.717, 1.165) is 4.47 Å². The van der Waals surface area contributed by atoms with Gasteiger partial charge in [0, 0.05) is 24.3 Å². The fourth-order valence-electron chi connectivity index (χ4n) is 1.92. The average Bonchev–Trinajstić information content (AvgIpc) is 2.49. The lowest BCUT2D eigenvalue weighted by molar-refractivity contribution is -0.137. The summed E-state index contributed by atoms with van der Waals surface area (Å²) in [5, 5.41) is 5.70. The standard InChI is InChI=1S/C13H17BrN4O3.2ClH/c1-18(13(20)10-8-21-5-4-15-10)7-12(19)17-11-3-2-9(14)6-16-11;;/h2-3,6,10,15H,4-5,7-8H2,1H3,(H,16,17,19);2*1H. The molecule has 2 amide bonds. The molecule has 1 aromatic rings. The lowest BCUT2D eigenvalue weighted by atomic mass is 10.2. The highest BCUT2D eigenvalue weighted by Gasteiger charge is 2.25. The number of nitrogens with one attached hydrogen (secondary N) is 2. The van der Waals surface area contributed by atoms with Crippen LogP contribution >= 0.6 is 40.7 Å². The molecule has 0 spiro atoms. The molecule has 0 radical (unpaired) electrons. The maximum atomic E-state index is 12.1. The van der Waals surface area contributed by atoms with E-state index in [4.69, 9.17) is 4.74 Å². The van der Waals surface area contributed by atoms with E-state index in [1.807, 2.05) is 0 Å². The number of likely N-dealkylation sites (N-methyl/N-ethyl adjacent to an activating group) is 1. The Hall–Kier alpha value is -0.930. The Labute approximate surface area is 155 Å². The number of carbonyl (C=O) groups is 2. The minimum atomic E-state index is -0.387. The molecule has 1 aliphatic heterocycles. The van der Waals surface area contributed by atoms with Gasteiger partial charge >= 0.3 is 0 Å². The summed E-state index contributed by atoms with van der Waals surface area (Å²) in [6, 6.07) is 3.07. The van der Waals surface area contributed by atoms with Crippen molar-refractivity contribution < 1.29 is 14.3 Å². The van der Waals surface area contributed by atoms with Gasteiger partial charge in [-0.05, 0) is 28.1 Å². The van der Waals surface area contributed by atoms with Gasteiger partial charge in [-0.25, -0.2) is 4.98 Å². The quantitative estimate of drug-likeness (QED) is 0.747. The van der Waals surface area contributed by atoms with Crippen LogP contribution in [0.1, 0.15) is 0 Å². The van der Waals surface area contributed by atoms with Crippen LogP contribution in [-0.4, -0.2) is 61.1 Å². The van der Waals surface area contributed by atoms with Crippen molar-refractivity contribution in [3.63, 3.8) is 0 Å². The Kier molecular flexibility index (Phi) is 10.3. The number of aromatic nitrogens is 1. The second kappa shape index (κ2) is 10.8. The average molecular weight is 430 g/mol. The monoisotopic (exact) mass is 428 g/mol. The van der Waals surface area contributed by atoms with E-state index in [1.54, 1.807) is 25.4 Å². The molecule has 130 valence electrons. The third-order valence-corrected chi connectivity index (χ3v) is 3.44. The topological polar surface area (TPSA) is 83.6 Å². The smallest absolute Gasteiger partial charge is 0.245 e. The number of anilines is 1. The third-order valence-electron chi connectivity index (χ3n) is 2.97. The van der Waals surface area contributed by atoms with E-state index in [-0.39, 0.29) is 49.2 Å². The third kappa shape index (κ3) is 7.01. The van der Waals surface area contributed by atoms with E-state index in [2.05, 4.69) is 31.5 Å². The number of halogens is 3. The second-order valence-corrected chi connectivity index (χ2v) is 5.60.